The zero-order chi connectivity index (χ0) is 17.9. The average Bonchev–Trinajstić information content (AvgIpc) is 2.86. The topological polar surface area (TPSA) is 49.3 Å². The molecule has 1 aromatic carbocycles. The maximum Gasteiger partial charge on any atom is 0.191 e. The molecule has 2 rings (SSSR count). The summed E-state index contributed by atoms with van der Waals surface area (Å²) in [6.07, 6.45) is 0. The summed E-state index contributed by atoms with van der Waals surface area (Å²) in [7, 11) is 1.47. The Morgan fingerprint density at radius 3 is 2.12 bits per heavy atom. The van der Waals surface area contributed by atoms with Crippen molar-refractivity contribution in [1.82, 2.24) is 15.6 Å². The summed E-state index contributed by atoms with van der Waals surface area (Å²) in [4.78, 5) is 9.18. The number of aliphatic imine (C=N–C) groups is 1. The molecule has 0 aliphatic heterocycles. The van der Waals surface area contributed by atoms with E-state index in [-0.39, 0.29) is 36.0 Å². The van der Waals surface area contributed by atoms with Gasteiger partial charge in [-0.05, 0) is 13.8 Å². The minimum atomic E-state index is -1.44. The predicted octanol–water partition coefficient (Wildman–Crippen LogP) is 3.80. The maximum atomic E-state index is 13.6. The SMILES string of the molecule is CN=C(NCc1sc(C)nc1C)NCc1c(F)c(F)cc(F)c1F.I. The van der Waals surface area contributed by atoms with Crippen molar-refractivity contribution in [3.63, 3.8) is 0 Å². The second kappa shape index (κ2) is 9.32. The molecule has 1 aromatic heterocycles. The van der Waals surface area contributed by atoms with Crippen LogP contribution in [-0.2, 0) is 13.1 Å². The zero-order valence-corrected chi connectivity index (χ0v) is 16.9. The Labute approximate surface area is 163 Å². The second-order valence-electron chi connectivity index (χ2n) is 4.97. The Balaban J connectivity index is 0.00000312. The number of guanidine groups is 1. The molecule has 0 fully saturated rings. The van der Waals surface area contributed by atoms with Crippen LogP contribution in [0.15, 0.2) is 11.1 Å². The van der Waals surface area contributed by atoms with Crippen molar-refractivity contribution < 1.29 is 17.6 Å². The van der Waals surface area contributed by atoms with E-state index in [4.69, 9.17) is 0 Å². The van der Waals surface area contributed by atoms with Crippen LogP contribution in [0, 0.1) is 37.1 Å². The summed E-state index contributed by atoms with van der Waals surface area (Å²) in [5.74, 6) is -5.49. The number of halogens is 5. The lowest BCUT2D eigenvalue weighted by Crippen LogP contribution is -2.36. The molecule has 0 bridgehead atoms. The molecule has 2 aromatic rings. The molecule has 0 saturated heterocycles. The molecule has 25 heavy (non-hydrogen) atoms. The molecule has 138 valence electrons. The van der Waals surface area contributed by atoms with Gasteiger partial charge < -0.3 is 10.6 Å². The van der Waals surface area contributed by atoms with Gasteiger partial charge in [0.1, 0.15) is 0 Å². The Hall–Kier alpha value is -1.43. The molecule has 2 N–H and O–H groups in total. The van der Waals surface area contributed by atoms with E-state index >= 15 is 0 Å². The van der Waals surface area contributed by atoms with Gasteiger partial charge in [-0.25, -0.2) is 22.5 Å². The van der Waals surface area contributed by atoms with Crippen LogP contribution in [0.4, 0.5) is 17.6 Å². The quantitative estimate of drug-likeness (QED) is 0.227. The predicted molar refractivity (Wildman–Crippen MR) is 100 cm³/mol. The van der Waals surface area contributed by atoms with Crippen molar-refractivity contribution in [3.8, 4) is 0 Å². The van der Waals surface area contributed by atoms with Gasteiger partial charge in [0.15, 0.2) is 29.2 Å². The van der Waals surface area contributed by atoms with Crippen LogP contribution in [-0.4, -0.2) is 18.0 Å². The van der Waals surface area contributed by atoms with Gasteiger partial charge >= 0.3 is 0 Å². The minimum absolute atomic E-state index is 0. The van der Waals surface area contributed by atoms with Crippen LogP contribution in [0.25, 0.3) is 0 Å². The summed E-state index contributed by atoms with van der Waals surface area (Å²) in [6, 6.07) is 0.177. The Morgan fingerprint density at radius 1 is 1.08 bits per heavy atom. The lowest BCUT2D eigenvalue weighted by molar-refractivity contribution is 0.437. The highest BCUT2D eigenvalue weighted by Gasteiger charge is 2.19. The summed E-state index contributed by atoms with van der Waals surface area (Å²) in [6.45, 7) is 3.72. The minimum Gasteiger partial charge on any atom is -0.352 e. The lowest BCUT2D eigenvalue weighted by atomic mass is 10.2. The fraction of sp³-hybridized carbons (Fsp3) is 0.333. The third-order valence-electron chi connectivity index (χ3n) is 3.27. The summed E-state index contributed by atoms with van der Waals surface area (Å²) in [5, 5.41) is 6.51. The number of aromatic nitrogens is 1. The number of nitrogens with zero attached hydrogens (tertiary/aromatic N) is 2. The monoisotopic (exact) mass is 488 g/mol. The van der Waals surface area contributed by atoms with Crippen molar-refractivity contribution in [2.24, 2.45) is 4.99 Å². The number of hydrogen-bond donors (Lipinski definition) is 2. The average molecular weight is 488 g/mol. The van der Waals surface area contributed by atoms with Gasteiger partial charge in [-0.15, -0.1) is 35.3 Å². The van der Waals surface area contributed by atoms with E-state index in [0.29, 0.717) is 6.54 Å². The molecular weight excluding hydrogens is 471 g/mol. The van der Waals surface area contributed by atoms with Crippen LogP contribution in [0.3, 0.4) is 0 Å². The maximum absolute atomic E-state index is 13.6. The highest BCUT2D eigenvalue weighted by atomic mass is 127. The fourth-order valence-corrected chi connectivity index (χ4v) is 2.95. The second-order valence-corrected chi connectivity index (χ2v) is 6.26. The van der Waals surface area contributed by atoms with E-state index in [9.17, 15) is 17.6 Å². The smallest absolute Gasteiger partial charge is 0.191 e. The lowest BCUT2D eigenvalue weighted by Gasteiger charge is -2.13. The fourth-order valence-electron chi connectivity index (χ4n) is 2.07. The molecule has 4 nitrogen and oxygen atoms in total. The Morgan fingerprint density at radius 2 is 1.64 bits per heavy atom. The van der Waals surface area contributed by atoms with Gasteiger partial charge in [0.05, 0.1) is 17.2 Å². The van der Waals surface area contributed by atoms with Crippen molar-refractivity contribution in [2.75, 3.05) is 7.05 Å². The zero-order valence-electron chi connectivity index (χ0n) is 13.7. The van der Waals surface area contributed by atoms with Crippen molar-refractivity contribution >= 4 is 41.3 Å². The number of hydrogen-bond acceptors (Lipinski definition) is 3. The number of thiazole rings is 1. The van der Waals surface area contributed by atoms with Crippen LogP contribution in [0.5, 0.6) is 0 Å². The third kappa shape index (κ3) is 5.27. The normalized spacial score (nSPS) is 11.2. The van der Waals surface area contributed by atoms with Crippen LogP contribution >= 0.6 is 35.3 Å². The van der Waals surface area contributed by atoms with Gasteiger partial charge in [0, 0.05) is 30.1 Å². The van der Waals surface area contributed by atoms with Crippen molar-refractivity contribution in [2.45, 2.75) is 26.9 Å². The van der Waals surface area contributed by atoms with Crippen LogP contribution in [0.2, 0.25) is 0 Å². The van der Waals surface area contributed by atoms with E-state index in [1.165, 1.54) is 18.4 Å². The molecule has 0 spiro atoms. The summed E-state index contributed by atoms with van der Waals surface area (Å²) in [5.41, 5.74) is 0.157. The highest BCUT2D eigenvalue weighted by Crippen LogP contribution is 2.19. The standard InChI is InChI=1S/C15H16F4N4S.HI/c1-7-12(24-8(2)23-7)6-22-15(20-3)21-5-9-13(18)10(16)4-11(17)14(9)19;/h4H,5-6H2,1-3H3,(H2,20,21,22);1H. The van der Waals surface area contributed by atoms with Crippen molar-refractivity contribution in [1.29, 1.82) is 0 Å². The van der Waals surface area contributed by atoms with E-state index < -0.39 is 35.4 Å². The number of nitrogens with one attached hydrogen (secondary N) is 2. The van der Waals surface area contributed by atoms with Gasteiger partial charge in [0.2, 0.25) is 0 Å². The molecule has 0 aliphatic rings. The molecule has 0 atom stereocenters. The van der Waals surface area contributed by atoms with E-state index in [1.807, 2.05) is 13.8 Å². The van der Waals surface area contributed by atoms with E-state index in [1.54, 1.807) is 0 Å². The molecule has 0 saturated carbocycles. The first-order chi connectivity index (χ1) is 11.3. The highest BCUT2D eigenvalue weighted by molar-refractivity contribution is 14.0. The Kier molecular flexibility index (Phi) is 8.06. The molecule has 1 heterocycles. The molecular formula is C15H17F4IN4S. The number of rotatable bonds is 4. The first-order valence-corrected chi connectivity index (χ1v) is 7.84. The van der Waals surface area contributed by atoms with Gasteiger partial charge in [-0.3, -0.25) is 4.99 Å². The Bertz CT molecular complexity index is 753. The van der Waals surface area contributed by atoms with Crippen LogP contribution < -0.4 is 10.6 Å². The molecule has 0 amide bonds. The molecule has 0 radical (unpaired) electrons. The van der Waals surface area contributed by atoms with Gasteiger partial charge in [0.25, 0.3) is 0 Å². The molecule has 0 aliphatic carbocycles. The third-order valence-corrected chi connectivity index (χ3v) is 4.35. The first kappa shape index (κ1) is 21.6. The molecule has 10 heteroatoms. The van der Waals surface area contributed by atoms with Crippen molar-refractivity contribution in [3.05, 3.63) is 50.5 Å². The largest absolute Gasteiger partial charge is 0.352 e. The number of aryl methyl sites for hydroxylation is 2. The molecule has 0 unspecified atom stereocenters. The first-order valence-electron chi connectivity index (χ1n) is 7.02. The summed E-state index contributed by atoms with van der Waals surface area (Å²) < 4.78 is 53.6. The number of benzene rings is 1. The van der Waals surface area contributed by atoms with E-state index in [2.05, 4.69) is 20.6 Å². The summed E-state index contributed by atoms with van der Waals surface area (Å²) >= 11 is 1.51. The van der Waals surface area contributed by atoms with Crippen LogP contribution in [0.1, 0.15) is 21.1 Å². The van der Waals surface area contributed by atoms with E-state index in [0.717, 1.165) is 15.6 Å². The van der Waals surface area contributed by atoms with Gasteiger partial charge in [-0.2, -0.15) is 0 Å². The van der Waals surface area contributed by atoms with Gasteiger partial charge in [-0.1, -0.05) is 0 Å².